The number of fused-ring (bicyclic) bond motifs is 1. The van der Waals surface area contributed by atoms with Gasteiger partial charge in [0.15, 0.2) is 0 Å². The van der Waals surface area contributed by atoms with Gasteiger partial charge in [0, 0.05) is 26.2 Å². The van der Waals surface area contributed by atoms with E-state index < -0.39 is 0 Å². The number of aromatic nitrogens is 2. The number of nitrogens with zero attached hydrogens (tertiary/aromatic N) is 3. The molecule has 1 amide bonds. The maximum Gasteiger partial charge on any atom is 0.224 e. The summed E-state index contributed by atoms with van der Waals surface area (Å²) in [4.78, 5) is 25.5. The third-order valence-corrected chi connectivity index (χ3v) is 5.89. The normalized spacial score (nSPS) is 21.5. The highest BCUT2D eigenvalue weighted by Crippen LogP contribution is 2.24. The fourth-order valence-electron chi connectivity index (χ4n) is 4.31. The number of carbonyl (C=O) groups is 1. The highest BCUT2D eigenvalue weighted by molar-refractivity contribution is 5.80. The van der Waals surface area contributed by atoms with Gasteiger partial charge in [0.05, 0.1) is 17.0 Å². The molecule has 1 aromatic carbocycles. The maximum atomic E-state index is 12.6. The number of carbonyl (C=O) groups excluding carboxylic acids is 1. The minimum atomic E-state index is 0.0510. The number of piperidine rings is 2. The lowest BCUT2D eigenvalue weighted by atomic mass is 9.97. The molecule has 2 aromatic rings. The van der Waals surface area contributed by atoms with Crippen molar-refractivity contribution in [3.8, 4) is 0 Å². The van der Waals surface area contributed by atoms with E-state index in [0.29, 0.717) is 0 Å². The fourth-order valence-corrected chi connectivity index (χ4v) is 4.31. The Hall–Kier alpha value is -2.08. The summed E-state index contributed by atoms with van der Waals surface area (Å²) in [6.07, 6.45) is 5.93. The first kappa shape index (κ1) is 18.3. The van der Waals surface area contributed by atoms with Crippen LogP contribution in [0.5, 0.6) is 0 Å². The zero-order chi connectivity index (χ0) is 18.6. The predicted octanol–water partition coefficient (Wildman–Crippen LogP) is 2.69. The van der Waals surface area contributed by atoms with E-state index in [0.717, 1.165) is 56.0 Å². The molecule has 0 bridgehead atoms. The van der Waals surface area contributed by atoms with Crippen molar-refractivity contribution in [3.63, 3.8) is 0 Å². The molecule has 0 unspecified atom stereocenters. The van der Waals surface area contributed by atoms with Gasteiger partial charge in [-0.2, -0.15) is 0 Å². The van der Waals surface area contributed by atoms with Gasteiger partial charge in [-0.3, -0.25) is 4.79 Å². The lowest BCUT2D eigenvalue weighted by molar-refractivity contribution is -0.125. The molecule has 6 nitrogen and oxygen atoms in total. The second-order valence-corrected chi connectivity index (χ2v) is 8.06. The van der Waals surface area contributed by atoms with Crippen LogP contribution in [0.1, 0.15) is 37.7 Å². The van der Waals surface area contributed by atoms with Crippen LogP contribution in [0.15, 0.2) is 18.2 Å². The van der Waals surface area contributed by atoms with Crippen molar-refractivity contribution in [1.29, 1.82) is 0 Å². The van der Waals surface area contributed by atoms with Crippen LogP contribution in [0.2, 0.25) is 0 Å². The standard InChI is InChI=1S/C21H31N5O/c1-16-7-8-18-19(14-16)24-21(23-18)26-12-5-6-17(15-26)20(27)22-9-13-25-10-3-2-4-11-25/h7-8,14,17H,2-6,9-13,15H2,1H3,(H,22,27)(H,23,24)/t17-/m0/s1. The number of aromatic amines is 1. The van der Waals surface area contributed by atoms with Gasteiger partial charge in [-0.05, 0) is 63.4 Å². The molecule has 6 heteroatoms. The number of rotatable bonds is 5. The van der Waals surface area contributed by atoms with Crippen LogP contribution in [0.3, 0.4) is 0 Å². The van der Waals surface area contributed by atoms with Crippen molar-refractivity contribution >= 4 is 22.9 Å². The number of likely N-dealkylation sites (tertiary alicyclic amines) is 1. The third-order valence-electron chi connectivity index (χ3n) is 5.89. The first-order chi connectivity index (χ1) is 13.2. The Morgan fingerprint density at radius 2 is 2.07 bits per heavy atom. The Balaban J connectivity index is 1.32. The monoisotopic (exact) mass is 369 g/mol. The number of imidazole rings is 1. The number of anilines is 1. The molecular formula is C21H31N5O. The van der Waals surface area contributed by atoms with E-state index in [9.17, 15) is 4.79 Å². The van der Waals surface area contributed by atoms with Crippen LogP contribution in [0.25, 0.3) is 11.0 Å². The SMILES string of the molecule is Cc1ccc2nc(N3CCC[C@H](C(=O)NCCN4CCCCC4)C3)[nH]c2c1. The lowest BCUT2D eigenvalue weighted by Crippen LogP contribution is -2.45. The summed E-state index contributed by atoms with van der Waals surface area (Å²) in [6.45, 7) is 7.89. The zero-order valence-corrected chi connectivity index (χ0v) is 16.3. The molecule has 0 saturated carbocycles. The van der Waals surface area contributed by atoms with Crippen molar-refractivity contribution in [3.05, 3.63) is 23.8 Å². The molecule has 146 valence electrons. The van der Waals surface area contributed by atoms with E-state index in [1.807, 2.05) is 0 Å². The van der Waals surface area contributed by atoms with Gasteiger partial charge in [0.25, 0.3) is 0 Å². The number of amides is 1. The summed E-state index contributed by atoms with van der Waals surface area (Å²) >= 11 is 0. The summed E-state index contributed by atoms with van der Waals surface area (Å²) in [5, 5.41) is 3.17. The minimum absolute atomic E-state index is 0.0510. The summed E-state index contributed by atoms with van der Waals surface area (Å²) in [6, 6.07) is 6.27. The Morgan fingerprint density at radius 1 is 1.22 bits per heavy atom. The van der Waals surface area contributed by atoms with Crippen LogP contribution in [-0.4, -0.2) is 60.0 Å². The largest absolute Gasteiger partial charge is 0.355 e. The van der Waals surface area contributed by atoms with Gasteiger partial charge in [-0.1, -0.05) is 12.5 Å². The minimum Gasteiger partial charge on any atom is -0.355 e. The number of aryl methyl sites for hydroxylation is 1. The quantitative estimate of drug-likeness (QED) is 0.851. The van der Waals surface area contributed by atoms with Gasteiger partial charge in [-0.15, -0.1) is 0 Å². The first-order valence-corrected chi connectivity index (χ1v) is 10.4. The molecule has 4 rings (SSSR count). The predicted molar refractivity (Wildman–Crippen MR) is 109 cm³/mol. The van der Waals surface area contributed by atoms with Gasteiger partial charge in [0.1, 0.15) is 0 Å². The van der Waals surface area contributed by atoms with Crippen LogP contribution in [0.4, 0.5) is 5.95 Å². The Labute approximate surface area is 161 Å². The maximum absolute atomic E-state index is 12.6. The molecule has 2 aliphatic rings. The van der Waals surface area contributed by atoms with Gasteiger partial charge in [0.2, 0.25) is 11.9 Å². The zero-order valence-electron chi connectivity index (χ0n) is 16.3. The fraction of sp³-hybridized carbons (Fsp3) is 0.619. The molecular weight excluding hydrogens is 338 g/mol. The summed E-state index contributed by atoms with van der Waals surface area (Å²) in [5.41, 5.74) is 3.28. The molecule has 27 heavy (non-hydrogen) atoms. The number of benzene rings is 1. The third kappa shape index (κ3) is 4.43. The number of nitrogens with one attached hydrogen (secondary N) is 2. The number of H-pyrrole nitrogens is 1. The number of hydrogen-bond acceptors (Lipinski definition) is 4. The van der Waals surface area contributed by atoms with Crippen molar-refractivity contribution < 1.29 is 4.79 Å². The van der Waals surface area contributed by atoms with Crippen LogP contribution in [0, 0.1) is 12.8 Å². The highest BCUT2D eigenvalue weighted by atomic mass is 16.1. The topological polar surface area (TPSA) is 64.3 Å². The molecule has 1 atom stereocenters. The second-order valence-electron chi connectivity index (χ2n) is 8.06. The average molecular weight is 370 g/mol. The smallest absolute Gasteiger partial charge is 0.224 e. The van der Waals surface area contributed by atoms with Crippen molar-refractivity contribution in [2.45, 2.75) is 39.0 Å². The summed E-state index contributed by atoms with van der Waals surface area (Å²) in [5.74, 6) is 1.14. The van der Waals surface area contributed by atoms with E-state index in [4.69, 9.17) is 4.98 Å². The van der Waals surface area contributed by atoms with Crippen molar-refractivity contribution in [2.24, 2.45) is 5.92 Å². The van der Waals surface area contributed by atoms with E-state index in [-0.39, 0.29) is 11.8 Å². The molecule has 2 fully saturated rings. The van der Waals surface area contributed by atoms with Gasteiger partial charge >= 0.3 is 0 Å². The van der Waals surface area contributed by atoms with Gasteiger partial charge in [-0.25, -0.2) is 4.98 Å². The molecule has 1 aromatic heterocycles. The molecule has 0 radical (unpaired) electrons. The molecule has 2 aliphatic heterocycles. The van der Waals surface area contributed by atoms with E-state index in [1.54, 1.807) is 0 Å². The van der Waals surface area contributed by atoms with Gasteiger partial charge < -0.3 is 20.1 Å². The van der Waals surface area contributed by atoms with E-state index in [1.165, 1.54) is 37.9 Å². The van der Waals surface area contributed by atoms with E-state index in [2.05, 4.69) is 45.2 Å². The lowest BCUT2D eigenvalue weighted by Gasteiger charge is -2.32. The average Bonchev–Trinajstić information content (AvgIpc) is 3.12. The molecule has 0 aliphatic carbocycles. The van der Waals surface area contributed by atoms with E-state index >= 15 is 0 Å². The number of hydrogen-bond donors (Lipinski definition) is 2. The Bertz CT molecular complexity index is 780. The van der Waals surface area contributed by atoms with Crippen molar-refractivity contribution in [1.82, 2.24) is 20.2 Å². The van der Waals surface area contributed by atoms with Crippen LogP contribution < -0.4 is 10.2 Å². The molecule has 0 spiro atoms. The molecule has 2 N–H and O–H groups in total. The van der Waals surface area contributed by atoms with Crippen LogP contribution in [-0.2, 0) is 4.79 Å². The Morgan fingerprint density at radius 3 is 2.93 bits per heavy atom. The second kappa shape index (κ2) is 8.30. The molecule has 3 heterocycles. The first-order valence-electron chi connectivity index (χ1n) is 10.4. The molecule has 2 saturated heterocycles. The summed E-state index contributed by atoms with van der Waals surface area (Å²) in [7, 11) is 0. The summed E-state index contributed by atoms with van der Waals surface area (Å²) < 4.78 is 0. The Kier molecular flexibility index (Phi) is 5.62. The van der Waals surface area contributed by atoms with Crippen LogP contribution >= 0.6 is 0 Å². The van der Waals surface area contributed by atoms with Crippen molar-refractivity contribution in [2.75, 3.05) is 44.2 Å². The highest BCUT2D eigenvalue weighted by Gasteiger charge is 2.27.